The average Bonchev–Trinajstić information content (AvgIpc) is 2.95. The number of carbonyl (C=O) groups excluding carboxylic acids is 1. The zero-order chi connectivity index (χ0) is 17.5. The highest BCUT2D eigenvalue weighted by Crippen LogP contribution is 2.36. The maximum absolute atomic E-state index is 13.0. The minimum absolute atomic E-state index is 0.134. The van der Waals surface area contributed by atoms with Crippen LogP contribution in [0.5, 0.6) is 0 Å². The van der Waals surface area contributed by atoms with Crippen molar-refractivity contribution < 1.29 is 18.0 Å². The number of nitrogens with one attached hydrogen (secondary N) is 1. The SMILES string of the molecule is CCc1n[nH]c2c1CCN(C(=O)c1cccc(C(F)(F)F)c1Cl)C2. The van der Waals surface area contributed by atoms with Gasteiger partial charge in [-0.3, -0.25) is 9.89 Å². The van der Waals surface area contributed by atoms with Crippen LogP contribution in [-0.2, 0) is 25.6 Å². The van der Waals surface area contributed by atoms with Gasteiger partial charge in [0.15, 0.2) is 0 Å². The lowest BCUT2D eigenvalue weighted by molar-refractivity contribution is -0.137. The van der Waals surface area contributed by atoms with Gasteiger partial charge >= 0.3 is 6.18 Å². The van der Waals surface area contributed by atoms with Crippen LogP contribution in [0, 0.1) is 0 Å². The first-order valence-corrected chi connectivity index (χ1v) is 7.90. The number of aryl methyl sites for hydroxylation is 1. The third kappa shape index (κ3) is 2.88. The molecule has 1 aromatic carbocycles. The summed E-state index contributed by atoms with van der Waals surface area (Å²) in [6, 6.07) is 3.39. The molecule has 0 fully saturated rings. The van der Waals surface area contributed by atoms with Crippen LogP contribution in [0.1, 0.15) is 39.8 Å². The predicted molar refractivity (Wildman–Crippen MR) is 82.9 cm³/mol. The Balaban J connectivity index is 1.88. The Morgan fingerprint density at radius 3 is 2.83 bits per heavy atom. The van der Waals surface area contributed by atoms with Crippen LogP contribution in [0.2, 0.25) is 5.02 Å². The van der Waals surface area contributed by atoms with Crippen LogP contribution in [0.4, 0.5) is 13.2 Å². The molecule has 1 N–H and O–H groups in total. The summed E-state index contributed by atoms with van der Waals surface area (Å²) in [5.41, 5.74) is 1.76. The average molecular weight is 358 g/mol. The number of amides is 1. The summed E-state index contributed by atoms with van der Waals surface area (Å²) >= 11 is 5.85. The van der Waals surface area contributed by atoms with Gasteiger partial charge in [0.25, 0.3) is 5.91 Å². The lowest BCUT2D eigenvalue weighted by Gasteiger charge is -2.27. The molecule has 2 aromatic rings. The van der Waals surface area contributed by atoms with E-state index >= 15 is 0 Å². The highest BCUT2D eigenvalue weighted by Gasteiger charge is 2.35. The largest absolute Gasteiger partial charge is 0.417 e. The van der Waals surface area contributed by atoms with Gasteiger partial charge in [0.2, 0.25) is 0 Å². The minimum Gasteiger partial charge on any atom is -0.332 e. The molecule has 3 rings (SSSR count). The smallest absolute Gasteiger partial charge is 0.332 e. The van der Waals surface area contributed by atoms with Gasteiger partial charge in [0, 0.05) is 6.54 Å². The normalized spacial score (nSPS) is 14.6. The van der Waals surface area contributed by atoms with E-state index in [9.17, 15) is 18.0 Å². The number of rotatable bonds is 2. The minimum atomic E-state index is -4.60. The molecule has 0 saturated heterocycles. The van der Waals surface area contributed by atoms with Crippen molar-refractivity contribution in [1.82, 2.24) is 15.1 Å². The number of fused-ring (bicyclic) bond motifs is 1. The highest BCUT2D eigenvalue weighted by atomic mass is 35.5. The summed E-state index contributed by atoms with van der Waals surface area (Å²) in [5.74, 6) is -0.510. The number of nitrogens with zero attached hydrogens (tertiary/aromatic N) is 2. The van der Waals surface area contributed by atoms with Crippen molar-refractivity contribution in [2.45, 2.75) is 32.5 Å². The van der Waals surface area contributed by atoms with Gasteiger partial charge in [0.1, 0.15) is 0 Å². The molecule has 1 aliphatic rings. The number of carbonyl (C=O) groups is 1. The number of aromatic amines is 1. The van der Waals surface area contributed by atoms with E-state index in [0.717, 1.165) is 29.4 Å². The molecular formula is C16H15ClF3N3O. The van der Waals surface area contributed by atoms with Gasteiger partial charge in [-0.05, 0) is 30.5 Å². The van der Waals surface area contributed by atoms with E-state index in [-0.39, 0.29) is 12.1 Å². The highest BCUT2D eigenvalue weighted by molar-refractivity contribution is 6.34. The van der Waals surface area contributed by atoms with Crippen LogP contribution >= 0.6 is 11.6 Å². The lowest BCUT2D eigenvalue weighted by atomic mass is 10.0. The standard InChI is InChI=1S/C16H15ClF3N3O/c1-2-12-9-6-7-23(8-13(9)22-21-12)15(24)10-4-3-5-11(14(10)17)16(18,19)20/h3-5H,2,6-8H2,1H3,(H,21,22). The zero-order valence-electron chi connectivity index (χ0n) is 12.9. The van der Waals surface area contributed by atoms with Crippen molar-refractivity contribution in [3.8, 4) is 0 Å². The molecule has 2 heterocycles. The Bertz CT molecular complexity index is 785. The van der Waals surface area contributed by atoms with Crippen molar-refractivity contribution in [1.29, 1.82) is 0 Å². The molecule has 0 spiro atoms. The molecule has 0 bridgehead atoms. The fraction of sp³-hybridized carbons (Fsp3) is 0.375. The second-order valence-corrected chi connectivity index (χ2v) is 6.00. The van der Waals surface area contributed by atoms with Gasteiger partial charge < -0.3 is 4.90 Å². The van der Waals surface area contributed by atoms with E-state index in [1.165, 1.54) is 17.0 Å². The number of hydrogen-bond acceptors (Lipinski definition) is 2. The molecule has 1 aromatic heterocycles. The first-order chi connectivity index (χ1) is 11.3. The maximum atomic E-state index is 13.0. The third-order valence-corrected chi connectivity index (χ3v) is 4.58. The zero-order valence-corrected chi connectivity index (χ0v) is 13.6. The molecule has 0 radical (unpaired) electrons. The number of alkyl halides is 3. The molecule has 0 saturated carbocycles. The first-order valence-electron chi connectivity index (χ1n) is 7.53. The monoisotopic (exact) mass is 357 g/mol. The topological polar surface area (TPSA) is 49.0 Å². The van der Waals surface area contributed by atoms with Crippen LogP contribution in [0.25, 0.3) is 0 Å². The van der Waals surface area contributed by atoms with Crippen LogP contribution in [0.15, 0.2) is 18.2 Å². The number of hydrogen-bond donors (Lipinski definition) is 1. The summed E-state index contributed by atoms with van der Waals surface area (Å²) < 4.78 is 38.9. The maximum Gasteiger partial charge on any atom is 0.417 e. The Morgan fingerprint density at radius 1 is 1.42 bits per heavy atom. The quantitative estimate of drug-likeness (QED) is 0.887. The number of halogens is 4. The third-order valence-electron chi connectivity index (χ3n) is 4.18. The summed E-state index contributed by atoms with van der Waals surface area (Å²) in [6.07, 6.45) is -3.18. The van der Waals surface area contributed by atoms with Gasteiger partial charge in [-0.2, -0.15) is 18.3 Å². The molecule has 24 heavy (non-hydrogen) atoms. The molecule has 8 heteroatoms. The Hall–Kier alpha value is -2.02. The summed E-state index contributed by atoms with van der Waals surface area (Å²) in [7, 11) is 0. The van der Waals surface area contributed by atoms with Crippen molar-refractivity contribution in [3.63, 3.8) is 0 Å². The number of benzene rings is 1. The lowest BCUT2D eigenvalue weighted by Crippen LogP contribution is -2.36. The number of aromatic nitrogens is 2. The van der Waals surface area contributed by atoms with E-state index in [4.69, 9.17) is 11.6 Å². The fourth-order valence-electron chi connectivity index (χ4n) is 2.94. The van der Waals surface area contributed by atoms with E-state index in [1.807, 2.05) is 6.92 Å². The van der Waals surface area contributed by atoms with E-state index in [1.54, 1.807) is 0 Å². The Labute approximate surface area is 141 Å². The van der Waals surface area contributed by atoms with Crippen molar-refractivity contribution in [3.05, 3.63) is 51.3 Å². The summed E-state index contributed by atoms with van der Waals surface area (Å²) in [4.78, 5) is 14.1. The Morgan fingerprint density at radius 2 is 2.17 bits per heavy atom. The van der Waals surface area contributed by atoms with Gasteiger partial charge in [-0.15, -0.1) is 0 Å². The summed E-state index contributed by atoms with van der Waals surface area (Å²) in [5, 5.41) is 6.56. The molecule has 1 aliphatic heterocycles. The van der Waals surface area contributed by atoms with Crippen molar-refractivity contribution in [2.24, 2.45) is 0 Å². The van der Waals surface area contributed by atoms with E-state index in [2.05, 4.69) is 10.2 Å². The molecule has 4 nitrogen and oxygen atoms in total. The molecule has 0 atom stereocenters. The van der Waals surface area contributed by atoms with Gasteiger partial charge in [-0.25, -0.2) is 0 Å². The first kappa shape index (κ1) is 16.8. The Kier molecular flexibility index (Phi) is 4.29. The number of H-pyrrole nitrogens is 1. The van der Waals surface area contributed by atoms with Crippen LogP contribution < -0.4 is 0 Å². The van der Waals surface area contributed by atoms with E-state index < -0.39 is 22.7 Å². The van der Waals surface area contributed by atoms with Crippen molar-refractivity contribution >= 4 is 17.5 Å². The molecule has 0 aliphatic carbocycles. The van der Waals surface area contributed by atoms with Crippen LogP contribution in [-0.4, -0.2) is 27.5 Å². The van der Waals surface area contributed by atoms with E-state index in [0.29, 0.717) is 13.0 Å². The summed E-state index contributed by atoms with van der Waals surface area (Å²) in [6.45, 7) is 2.70. The van der Waals surface area contributed by atoms with Gasteiger partial charge in [0.05, 0.1) is 34.1 Å². The second kappa shape index (κ2) is 6.12. The molecule has 128 valence electrons. The second-order valence-electron chi connectivity index (χ2n) is 5.62. The van der Waals surface area contributed by atoms with Crippen LogP contribution in [0.3, 0.4) is 0 Å². The predicted octanol–water partition coefficient (Wildman–Crippen LogP) is 3.84. The fourth-order valence-corrected chi connectivity index (χ4v) is 3.25. The molecule has 0 unspecified atom stereocenters. The molecular weight excluding hydrogens is 343 g/mol. The molecule has 1 amide bonds. The van der Waals surface area contributed by atoms with Gasteiger partial charge in [-0.1, -0.05) is 24.6 Å². The van der Waals surface area contributed by atoms with Crippen molar-refractivity contribution in [2.75, 3.05) is 6.54 Å².